The van der Waals surface area contributed by atoms with E-state index in [0.29, 0.717) is 29.2 Å². The molecule has 3 rings (SSSR count). The Hall–Kier alpha value is -3.51. The lowest BCUT2D eigenvalue weighted by Gasteiger charge is -2.20. The van der Waals surface area contributed by atoms with Crippen LogP contribution in [0.5, 0.6) is 5.75 Å². The molecule has 0 spiro atoms. The summed E-state index contributed by atoms with van der Waals surface area (Å²) in [6.07, 6.45) is 0. The summed E-state index contributed by atoms with van der Waals surface area (Å²) < 4.78 is 5.14. The van der Waals surface area contributed by atoms with Crippen molar-refractivity contribution in [2.75, 3.05) is 25.5 Å². The molecular formula is C25H26ClN3O3. The van der Waals surface area contributed by atoms with Gasteiger partial charge in [-0.2, -0.15) is 0 Å². The zero-order valence-electron chi connectivity index (χ0n) is 18.0. The molecule has 2 amide bonds. The maximum atomic E-state index is 13.0. The Bertz CT molecular complexity index is 1070. The van der Waals surface area contributed by atoms with Gasteiger partial charge in [0.1, 0.15) is 11.8 Å². The normalized spacial score (nSPS) is 11.3. The van der Waals surface area contributed by atoms with Crippen molar-refractivity contribution in [1.29, 1.82) is 0 Å². The maximum absolute atomic E-state index is 13.0. The molecule has 3 N–H and O–H groups in total. The SMILES string of the molecule is COc1ccc(NCCNC(=O)C(NC(=O)c2cccc(C)c2)c2ccccc2Cl)cc1. The van der Waals surface area contributed by atoms with Gasteiger partial charge in [0.2, 0.25) is 5.91 Å². The first-order valence-corrected chi connectivity index (χ1v) is 10.6. The van der Waals surface area contributed by atoms with E-state index in [1.165, 1.54) is 0 Å². The minimum absolute atomic E-state index is 0.337. The second kappa shape index (κ2) is 11.2. The third-order valence-electron chi connectivity index (χ3n) is 4.88. The predicted molar refractivity (Wildman–Crippen MR) is 127 cm³/mol. The maximum Gasteiger partial charge on any atom is 0.252 e. The van der Waals surface area contributed by atoms with Crippen LogP contribution in [0.1, 0.15) is 27.5 Å². The zero-order valence-corrected chi connectivity index (χ0v) is 18.8. The number of benzene rings is 3. The Kier molecular flexibility index (Phi) is 8.11. The largest absolute Gasteiger partial charge is 0.497 e. The summed E-state index contributed by atoms with van der Waals surface area (Å²) in [7, 11) is 1.62. The Morgan fingerprint density at radius 2 is 1.72 bits per heavy atom. The van der Waals surface area contributed by atoms with E-state index in [-0.39, 0.29) is 11.8 Å². The quantitative estimate of drug-likeness (QED) is 0.422. The number of carbonyl (C=O) groups is 2. The molecule has 3 aromatic rings. The molecule has 3 aromatic carbocycles. The van der Waals surface area contributed by atoms with Crippen molar-refractivity contribution in [2.45, 2.75) is 13.0 Å². The summed E-state index contributed by atoms with van der Waals surface area (Å²) in [6, 6.07) is 20.8. The van der Waals surface area contributed by atoms with E-state index >= 15 is 0 Å². The first-order chi connectivity index (χ1) is 15.5. The van der Waals surface area contributed by atoms with Crippen LogP contribution < -0.4 is 20.7 Å². The van der Waals surface area contributed by atoms with Gasteiger partial charge in [-0.3, -0.25) is 9.59 Å². The fraction of sp³-hybridized carbons (Fsp3) is 0.200. The van der Waals surface area contributed by atoms with Crippen molar-refractivity contribution in [1.82, 2.24) is 10.6 Å². The molecule has 0 radical (unpaired) electrons. The fourth-order valence-corrected chi connectivity index (χ4v) is 3.44. The number of amides is 2. The third kappa shape index (κ3) is 6.25. The molecule has 0 aliphatic carbocycles. The van der Waals surface area contributed by atoms with Gasteiger partial charge in [0.15, 0.2) is 0 Å². The number of carbonyl (C=O) groups excluding carboxylic acids is 2. The zero-order chi connectivity index (χ0) is 22.9. The lowest BCUT2D eigenvalue weighted by molar-refractivity contribution is -0.123. The average molecular weight is 452 g/mol. The van der Waals surface area contributed by atoms with E-state index in [4.69, 9.17) is 16.3 Å². The van der Waals surface area contributed by atoms with Crippen molar-refractivity contribution in [3.05, 3.63) is 94.5 Å². The van der Waals surface area contributed by atoms with Gasteiger partial charge in [-0.1, -0.05) is 47.5 Å². The van der Waals surface area contributed by atoms with Crippen LogP contribution in [0, 0.1) is 6.92 Å². The number of nitrogens with one attached hydrogen (secondary N) is 3. The van der Waals surface area contributed by atoms with Crippen molar-refractivity contribution in [2.24, 2.45) is 0 Å². The van der Waals surface area contributed by atoms with Crippen LogP contribution >= 0.6 is 11.6 Å². The van der Waals surface area contributed by atoms with E-state index in [9.17, 15) is 9.59 Å². The van der Waals surface area contributed by atoms with Gasteiger partial charge in [-0.25, -0.2) is 0 Å². The molecule has 0 heterocycles. The van der Waals surface area contributed by atoms with E-state index < -0.39 is 6.04 Å². The smallest absolute Gasteiger partial charge is 0.252 e. The second-order valence-corrected chi connectivity index (χ2v) is 7.65. The Morgan fingerprint density at radius 3 is 2.41 bits per heavy atom. The highest BCUT2D eigenvalue weighted by atomic mass is 35.5. The predicted octanol–water partition coefficient (Wildman–Crippen LogP) is 4.36. The van der Waals surface area contributed by atoms with Crippen LogP contribution in [0.15, 0.2) is 72.8 Å². The van der Waals surface area contributed by atoms with Gasteiger partial charge in [0, 0.05) is 34.9 Å². The monoisotopic (exact) mass is 451 g/mol. The van der Waals surface area contributed by atoms with Crippen LogP contribution in [0.25, 0.3) is 0 Å². The summed E-state index contributed by atoms with van der Waals surface area (Å²) in [5, 5.41) is 9.33. The average Bonchev–Trinajstić information content (AvgIpc) is 2.81. The first-order valence-electron chi connectivity index (χ1n) is 10.3. The Balaban J connectivity index is 1.65. The lowest BCUT2D eigenvalue weighted by Crippen LogP contribution is -2.42. The molecule has 6 nitrogen and oxygen atoms in total. The van der Waals surface area contributed by atoms with Gasteiger partial charge in [-0.05, 0) is 49.4 Å². The minimum Gasteiger partial charge on any atom is -0.497 e. The molecule has 32 heavy (non-hydrogen) atoms. The van der Waals surface area contributed by atoms with Gasteiger partial charge in [-0.15, -0.1) is 0 Å². The summed E-state index contributed by atoms with van der Waals surface area (Å²) in [6.45, 7) is 2.79. The van der Waals surface area contributed by atoms with Gasteiger partial charge < -0.3 is 20.7 Å². The molecule has 0 aliphatic rings. The Morgan fingerprint density at radius 1 is 0.969 bits per heavy atom. The van der Waals surface area contributed by atoms with Crippen molar-refractivity contribution < 1.29 is 14.3 Å². The van der Waals surface area contributed by atoms with Gasteiger partial charge in [0.25, 0.3) is 5.91 Å². The molecule has 0 bridgehead atoms. The molecular weight excluding hydrogens is 426 g/mol. The molecule has 0 aliphatic heterocycles. The fourth-order valence-electron chi connectivity index (χ4n) is 3.20. The number of methoxy groups -OCH3 is 1. The van der Waals surface area contributed by atoms with E-state index in [1.807, 2.05) is 37.3 Å². The van der Waals surface area contributed by atoms with Crippen LogP contribution in [0.4, 0.5) is 5.69 Å². The van der Waals surface area contributed by atoms with Crippen LogP contribution in [-0.2, 0) is 4.79 Å². The number of ether oxygens (including phenoxy) is 1. The molecule has 0 saturated carbocycles. The molecule has 1 atom stereocenters. The minimum atomic E-state index is -0.919. The highest BCUT2D eigenvalue weighted by Gasteiger charge is 2.25. The highest BCUT2D eigenvalue weighted by molar-refractivity contribution is 6.31. The summed E-state index contributed by atoms with van der Waals surface area (Å²) in [5.74, 6) is 0.0940. The standard InChI is InChI=1S/C25H26ClN3O3/c1-17-6-5-7-18(16-17)24(30)29-23(21-8-3-4-9-22(21)26)25(31)28-15-14-27-19-10-12-20(32-2)13-11-19/h3-13,16,23,27H,14-15H2,1-2H3,(H,28,31)(H,29,30). The number of hydrogen-bond donors (Lipinski definition) is 3. The lowest BCUT2D eigenvalue weighted by atomic mass is 10.0. The number of aryl methyl sites for hydroxylation is 1. The molecule has 0 fully saturated rings. The highest BCUT2D eigenvalue weighted by Crippen LogP contribution is 2.23. The van der Waals surface area contributed by atoms with Crippen molar-refractivity contribution in [3.8, 4) is 5.75 Å². The topological polar surface area (TPSA) is 79.5 Å². The molecule has 0 aromatic heterocycles. The van der Waals surface area contributed by atoms with Crippen molar-refractivity contribution >= 4 is 29.1 Å². The molecule has 1 unspecified atom stereocenters. The van der Waals surface area contributed by atoms with Crippen molar-refractivity contribution in [3.63, 3.8) is 0 Å². The molecule has 7 heteroatoms. The van der Waals surface area contributed by atoms with Crippen LogP contribution in [0.2, 0.25) is 5.02 Å². The van der Waals surface area contributed by atoms with Crippen LogP contribution in [-0.4, -0.2) is 32.0 Å². The molecule has 0 saturated heterocycles. The Labute approximate surface area is 192 Å². The van der Waals surface area contributed by atoms with Gasteiger partial charge in [0.05, 0.1) is 7.11 Å². The van der Waals surface area contributed by atoms with E-state index in [2.05, 4.69) is 16.0 Å². The third-order valence-corrected chi connectivity index (χ3v) is 5.22. The number of rotatable bonds is 9. The first kappa shape index (κ1) is 23.2. The second-order valence-electron chi connectivity index (χ2n) is 7.24. The van der Waals surface area contributed by atoms with E-state index in [0.717, 1.165) is 17.0 Å². The number of hydrogen-bond acceptors (Lipinski definition) is 4. The number of anilines is 1. The van der Waals surface area contributed by atoms with Gasteiger partial charge >= 0.3 is 0 Å². The number of halogens is 1. The summed E-state index contributed by atoms with van der Waals surface area (Å²) >= 11 is 6.33. The molecule has 166 valence electrons. The van der Waals surface area contributed by atoms with E-state index in [1.54, 1.807) is 49.6 Å². The van der Waals surface area contributed by atoms with Crippen LogP contribution in [0.3, 0.4) is 0 Å². The summed E-state index contributed by atoms with van der Waals surface area (Å²) in [4.78, 5) is 25.8. The summed E-state index contributed by atoms with van der Waals surface area (Å²) in [5.41, 5.74) is 2.89.